The lowest BCUT2D eigenvalue weighted by Gasteiger charge is -2.21. The SMILES string of the molecule is CN=C(NCC(=O)NC(C)(C)C)NCc1cccc(OCCOC)c1. The van der Waals surface area contributed by atoms with Crippen LogP contribution >= 0.6 is 0 Å². The highest BCUT2D eigenvalue weighted by molar-refractivity contribution is 5.86. The van der Waals surface area contributed by atoms with Gasteiger partial charge in [0, 0.05) is 26.2 Å². The molecule has 7 heteroatoms. The zero-order valence-corrected chi connectivity index (χ0v) is 15.8. The fourth-order valence-electron chi connectivity index (χ4n) is 2.02. The third-order valence-electron chi connectivity index (χ3n) is 3.07. The third-order valence-corrected chi connectivity index (χ3v) is 3.07. The van der Waals surface area contributed by atoms with Crippen molar-refractivity contribution in [3.63, 3.8) is 0 Å². The summed E-state index contributed by atoms with van der Waals surface area (Å²) in [4.78, 5) is 16.0. The summed E-state index contributed by atoms with van der Waals surface area (Å²) in [7, 11) is 3.31. The molecule has 1 aromatic carbocycles. The van der Waals surface area contributed by atoms with E-state index in [4.69, 9.17) is 9.47 Å². The number of nitrogens with zero attached hydrogens (tertiary/aromatic N) is 1. The number of nitrogens with one attached hydrogen (secondary N) is 3. The number of rotatable bonds is 8. The number of hydrogen-bond donors (Lipinski definition) is 3. The standard InChI is InChI=1S/C18H30N4O3/c1-18(2,3)22-16(23)13-21-17(19-4)20-12-14-7-6-8-15(11-14)25-10-9-24-5/h6-8,11H,9-10,12-13H2,1-5H3,(H,22,23)(H2,19,20,21). The number of hydrogen-bond acceptors (Lipinski definition) is 4. The second-order valence-electron chi connectivity index (χ2n) is 6.57. The minimum atomic E-state index is -0.251. The lowest BCUT2D eigenvalue weighted by molar-refractivity contribution is -0.121. The van der Waals surface area contributed by atoms with Crippen molar-refractivity contribution in [1.82, 2.24) is 16.0 Å². The molecule has 0 aliphatic heterocycles. The Kier molecular flexibility index (Phi) is 8.77. The monoisotopic (exact) mass is 350 g/mol. The van der Waals surface area contributed by atoms with Crippen LogP contribution in [0.4, 0.5) is 0 Å². The minimum absolute atomic E-state index is 0.0796. The second kappa shape index (κ2) is 10.6. The number of ether oxygens (including phenoxy) is 2. The summed E-state index contributed by atoms with van der Waals surface area (Å²) >= 11 is 0. The fourth-order valence-corrected chi connectivity index (χ4v) is 2.02. The highest BCUT2D eigenvalue weighted by Gasteiger charge is 2.13. The van der Waals surface area contributed by atoms with Crippen LogP contribution in [-0.4, -0.2) is 51.3 Å². The summed E-state index contributed by atoms with van der Waals surface area (Å²) < 4.78 is 10.6. The molecule has 1 amide bonds. The van der Waals surface area contributed by atoms with Crippen LogP contribution in [0.5, 0.6) is 5.75 Å². The van der Waals surface area contributed by atoms with Crippen LogP contribution in [-0.2, 0) is 16.1 Å². The Morgan fingerprint density at radius 1 is 1.20 bits per heavy atom. The molecule has 7 nitrogen and oxygen atoms in total. The number of guanidine groups is 1. The fraction of sp³-hybridized carbons (Fsp3) is 0.556. The first-order valence-corrected chi connectivity index (χ1v) is 8.30. The van der Waals surface area contributed by atoms with Crippen molar-refractivity contribution in [3.05, 3.63) is 29.8 Å². The predicted octanol–water partition coefficient (Wildman–Crippen LogP) is 1.29. The first-order valence-electron chi connectivity index (χ1n) is 8.30. The van der Waals surface area contributed by atoms with E-state index >= 15 is 0 Å². The van der Waals surface area contributed by atoms with E-state index in [9.17, 15) is 4.79 Å². The molecule has 0 aliphatic carbocycles. The van der Waals surface area contributed by atoms with Crippen molar-refractivity contribution < 1.29 is 14.3 Å². The average Bonchev–Trinajstić information content (AvgIpc) is 2.54. The van der Waals surface area contributed by atoms with E-state index in [1.807, 2.05) is 45.0 Å². The third kappa shape index (κ3) is 9.56. The molecule has 1 rings (SSSR count). The van der Waals surface area contributed by atoms with Crippen molar-refractivity contribution in [2.75, 3.05) is 33.9 Å². The molecule has 0 spiro atoms. The molecular formula is C18H30N4O3. The Bertz CT molecular complexity index is 568. The smallest absolute Gasteiger partial charge is 0.239 e. The molecule has 0 aromatic heterocycles. The Hall–Kier alpha value is -2.28. The molecule has 0 radical (unpaired) electrons. The summed E-state index contributed by atoms with van der Waals surface area (Å²) in [5.41, 5.74) is 0.802. The maximum absolute atomic E-state index is 11.8. The second-order valence-corrected chi connectivity index (χ2v) is 6.57. The van der Waals surface area contributed by atoms with Gasteiger partial charge in [0.2, 0.25) is 5.91 Å². The molecule has 0 fully saturated rings. The number of amides is 1. The van der Waals surface area contributed by atoms with Gasteiger partial charge in [-0.3, -0.25) is 9.79 Å². The maximum Gasteiger partial charge on any atom is 0.239 e. The highest BCUT2D eigenvalue weighted by atomic mass is 16.5. The number of carbonyl (C=O) groups is 1. The number of carbonyl (C=O) groups excluding carboxylic acids is 1. The van der Waals surface area contributed by atoms with Crippen molar-refractivity contribution >= 4 is 11.9 Å². The lowest BCUT2D eigenvalue weighted by Crippen LogP contribution is -2.48. The summed E-state index contributed by atoms with van der Waals surface area (Å²) in [6.07, 6.45) is 0. The largest absolute Gasteiger partial charge is 0.491 e. The van der Waals surface area contributed by atoms with E-state index < -0.39 is 0 Å². The Balaban J connectivity index is 2.44. The van der Waals surface area contributed by atoms with Gasteiger partial charge in [0.25, 0.3) is 0 Å². The summed E-state index contributed by atoms with van der Waals surface area (Å²) in [6.45, 7) is 7.63. The molecular weight excluding hydrogens is 320 g/mol. The van der Waals surface area contributed by atoms with Gasteiger partial charge in [-0.05, 0) is 38.5 Å². The summed E-state index contributed by atoms with van der Waals surface area (Å²) in [6, 6.07) is 7.80. The molecule has 0 saturated heterocycles. The first kappa shape index (κ1) is 20.8. The molecule has 140 valence electrons. The quantitative estimate of drug-likeness (QED) is 0.374. The molecule has 0 saturated carbocycles. The molecule has 0 atom stereocenters. The van der Waals surface area contributed by atoms with E-state index in [-0.39, 0.29) is 18.0 Å². The Morgan fingerprint density at radius 3 is 2.60 bits per heavy atom. The number of methoxy groups -OCH3 is 1. The van der Waals surface area contributed by atoms with Crippen molar-refractivity contribution in [2.45, 2.75) is 32.9 Å². The molecule has 0 aliphatic rings. The van der Waals surface area contributed by atoms with Crippen LogP contribution in [0.25, 0.3) is 0 Å². The van der Waals surface area contributed by atoms with Crippen LogP contribution in [0.15, 0.2) is 29.3 Å². The van der Waals surface area contributed by atoms with E-state index in [1.54, 1.807) is 14.2 Å². The predicted molar refractivity (Wildman–Crippen MR) is 99.9 cm³/mol. The van der Waals surface area contributed by atoms with E-state index in [0.717, 1.165) is 11.3 Å². The zero-order chi connectivity index (χ0) is 18.7. The van der Waals surface area contributed by atoms with Gasteiger partial charge in [0.05, 0.1) is 13.2 Å². The van der Waals surface area contributed by atoms with Gasteiger partial charge in [-0.1, -0.05) is 12.1 Å². The van der Waals surface area contributed by atoms with Crippen LogP contribution in [0.2, 0.25) is 0 Å². The van der Waals surface area contributed by atoms with E-state index in [0.29, 0.717) is 25.7 Å². The van der Waals surface area contributed by atoms with Gasteiger partial charge in [-0.15, -0.1) is 0 Å². The van der Waals surface area contributed by atoms with Crippen LogP contribution in [0.1, 0.15) is 26.3 Å². The Labute approximate surface area is 150 Å². The molecule has 25 heavy (non-hydrogen) atoms. The lowest BCUT2D eigenvalue weighted by atomic mass is 10.1. The van der Waals surface area contributed by atoms with E-state index in [2.05, 4.69) is 20.9 Å². The summed E-state index contributed by atoms with van der Waals surface area (Å²) in [5, 5.41) is 9.07. The molecule has 0 unspecified atom stereocenters. The molecule has 0 bridgehead atoms. The molecule has 0 heterocycles. The molecule has 1 aromatic rings. The van der Waals surface area contributed by atoms with Crippen LogP contribution in [0, 0.1) is 0 Å². The minimum Gasteiger partial charge on any atom is -0.491 e. The van der Waals surface area contributed by atoms with Crippen molar-refractivity contribution in [1.29, 1.82) is 0 Å². The average molecular weight is 350 g/mol. The topological polar surface area (TPSA) is 84.0 Å². The van der Waals surface area contributed by atoms with E-state index in [1.165, 1.54) is 0 Å². The van der Waals surface area contributed by atoms with Gasteiger partial charge in [-0.25, -0.2) is 0 Å². The van der Waals surface area contributed by atoms with Gasteiger partial charge in [0.15, 0.2) is 5.96 Å². The Morgan fingerprint density at radius 2 is 1.96 bits per heavy atom. The maximum atomic E-state index is 11.8. The first-order chi connectivity index (χ1) is 11.8. The summed E-state index contributed by atoms with van der Waals surface area (Å²) in [5.74, 6) is 1.28. The number of aliphatic imine (C=N–C) groups is 1. The van der Waals surface area contributed by atoms with Crippen molar-refractivity contribution in [2.24, 2.45) is 4.99 Å². The number of benzene rings is 1. The normalized spacial score (nSPS) is 11.8. The van der Waals surface area contributed by atoms with Gasteiger partial charge in [0.1, 0.15) is 12.4 Å². The van der Waals surface area contributed by atoms with Gasteiger partial charge < -0.3 is 25.4 Å². The molecule has 3 N–H and O–H groups in total. The van der Waals surface area contributed by atoms with Crippen LogP contribution in [0.3, 0.4) is 0 Å². The highest BCUT2D eigenvalue weighted by Crippen LogP contribution is 2.13. The van der Waals surface area contributed by atoms with Crippen molar-refractivity contribution in [3.8, 4) is 5.75 Å². The zero-order valence-electron chi connectivity index (χ0n) is 15.8. The van der Waals surface area contributed by atoms with Gasteiger partial charge in [-0.2, -0.15) is 0 Å². The van der Waals surface area contributed by atoms with Crippen LogP contribution < -0.4 is 20.7 Å². The van der Waals surface area contributed by atoms with Gasteiger partial charge >= 0.3 is 0 Å².